The van der Waals surface area contributed by atoms with Gasteiger partial charge >= 0.3 is 0 Å². The summed E-state index contributed by atoms with van der Waals surface area (Å²) < 4.78 is 6.42. The quantitative estimate of drug-likeness (QED) is 0.728. The molecule has 0 fully saturated rings. The Morgan fingerprint density at radius 1 is 1.25 bits per heavy atom. The van der Waals surface area contributed by atoms with E-state index in [0.717, 1.165) is 9.35 Å². The first kappa shape index (κ1) is 18.6. The standard InChI is InChI=1S/C17H19BrN2O3S/c1-11(2)23-10-12-4-3-5-13(8-12)20-16(21)9-19-17(22)14-6-7-15(18)24-14/h3-8,11H,9-10H2,1-2H3,(H,19,22)(H,20,21). The van der Waals surface area contributed by atoms with Gasteiger partial charge in [0.15, 0.2) is 0 Å². The van der Waals surface area contributed by atoms with Crippen molar-refractivity contribution in [3.63, 3.8) is 0 Å². The molecular weight excluding hydrogens is 392 g/mol. The van der Waals surface area contributed by atoms with Crippen LogP contribution in [0.4, 0.5) is 5.69 Å². The fourth-order valence-corrected chi connectivity index (χ4v) is 3.19. The molecule has 0 radical (unpaired) electrons. The lowest BCUT2D eigenvalue weighted by molar-refractivity contribution is -0.115. The zero-order valence-corrected chi connectivity index (χ0v) is 15.9. The highest BCUT2D eigenvalue weighted by Crippen LogP contribution is 2.21. The van der Waals surface area contributed by atoms with E-state index >= 15 is 0 Å². The number of rotatable bonds is 7. The van der Waals surface area contributed by atoms with E-state index < -0.39 is 0 Å². The maximum Gasteiger partial charge on any atom is 0.261 e. The summed E-state index contributed by atoms with van der Waals surface area (Å²) in [6, 6.07) is 11.0. The molecule has 24 heavy (non-hydrogen) atoms. The Balaban J connectivity index is 1.83. The monoisotopic (exact) mass is 410 g/mol. The van der Waals surface area contributed by atoms with Gasteiger partial charge in [-0.3, -0.25) is 9.59 Å². The van der Waals surface area contributed by atoms with Gasteiger partial charge in [-0.05, 0) is 59.6 Å². The Bertz CT molecular complexity index is 715. The lowest BCUT2D eigenvalue weighted by Gasteiger charge is -2.10. The van der Waals surface area contributed by atoms with E-state index in [-0.39, 0.29) is 24.5 Å². The number of carbonyl (C=O) groups is 2. The highest BCUT2D eigenvalue weighted by molar-refractivity contribution is 9.11. The van der Waals surface area contributed by atoms with Crippen molar-refractivity contribution in [3.8, 4) is 0 Å². The second-order valence-electron chi connectivity index (χ2n) is 5.39. The number of hydrogen-bond acceptors (Lipinski definition) is 4. The molecule has 1 aromatic heterocycles. The molecule has 1 heterocycles. The van der Waals surface area contributed by atoms with Crippen molar-refractivity contribution < 1.29 is 14.3 Å². The highest BCUT2D eigenvalue weighted by atomic mass is 79.9. The number of carbonyl (C=O) groups excluding carboxylic acids is 2. The Morgan fingerprint density at radius 3 is 2.71 bits per heavy atom. The first-order valence-electron chi connectivity index (χ1n) is 7.48. The third kappa shape index (κ3) is 6.07. The largest absolute Gasteiger partial charge is 0.374 e. The number of hydrogen-bond donors (Lipinski definition) is 2. The molecule has 2 rings (SSSR count). The van der Waals surface area contributed by atoms with Gasteiger partial charge in [0.05, 0.1) is 27.9 Å². The molecule has 1 aromatic carbocycles. The van der Waals surface area contributed by atoms with Crippen molar-refractivity contribution in [1.29, 1.82) is 0 Å². The van der Waals surface area contributed by atoms with Crippen LogP contribution in [0, 0.1) is 0 Å². The molecule has 0 atom stereocenters. The summed E-state index contributed by atoms with van der Waals surface area (Å²) in [6.07, 6.45) is 0.149. The molecule has 0 aliphatic carbocycles. The SMILES string of the molecule is CC(C)OCc1cccc(NC(=O)CNC(=O)c2ccc(Br)s2)c1. The molecule has 0 aliphatic heterocycles. The third-order valence-corrected chi connectivity index (χ3v) is 4.62. The predicted molar refractivity (Wildman–Crippen MR) is 99.3 cm³/mol. The molecule has 2 N–H and O–H groups in total. The van der Waals surface area contributed by atoms with E-state index in [1.807, 2.05) is 32.0 Å². The van der Waals surface area contributed by atoms with Crippen LogP contribution in [0.1, 0.15) is 29.1 Å². The van der Waals surface area contributed by atoms with Crippen LogP contribution in [-0.2, 0) is 16.1 Å². The first-order valence-corrected chi connectivity index (χ1v) is 9.09. The minimum Gasteiger partial charge on any atom is -0.374 e. The number of amides is 2. The van der Waals surface area contributed by atoms with Crippen molar-refractivity contribution in [1.82, 2.24) is 5.32 Å². The van der Waals surface area contributed by atoms with Crippen LogP contribution in [0.15, 0.2) is 40.2 Å². The number of nitrogens with one attached hydrogen (secondary N) is 2. The number of benzene rings is 1. The molecule has 128 valence electrons. The first-order chi connectivity index (χ1) is 11.4. The van der Waals surface area contributed by atoms with Gasteiger partial charge in [0.1, 0.15) is 0 Å². The normalized spacial score (nSPS) is 10.7. The topological polar surface area (TPSA) is 67.4 Å². The fraction of sp³-hybridized carbons (Fsp3) is 0.294. The van der Waals surface area contributed by atoms with E-state index in [9.17, 15) is 9.59 Å². The lowest BCUT2D eigenvalue weighted by Crippen LogP contribution is -2.32. The van der Waals surface area contributed by atoms with Crippen LogP contribution in [0.25, 0.3) is 0 Å². The van der Waals surface area contributed by atoms with Gasteiger partial charge in [-0.15, -0.1) is 11.3 Å². The second-order valence-corrected chi connectivity index (χ2v) is 7.86. The maximum atomic E-state index is 12.0. The summed E-state index contributed by atoms with van der Waals surface area (Å²) in [6.45, 7) is 4.35. The zero-order chi connectivity index (χ0) is 17.5. The molecule has 0 unspecified atom stereocenters. The summed E-state index contributed by atoms with van der Waals surface area (Å²) in [7, 11) is 0. The Labute approximate surface area is 153 Å². The van der Waals surface area contributed by atoms with Gasteiger partial charge in [0.25, 0.3) is 5.91 Å². The van der Waals surface area contributed by atoms with Gasteiger partial charge in [0.2, 0.25) is 5.91 Å². The van der Waals surface area contributed by atoms with Crippen LogP contribution < -0.4 is 10.6 Å². The minimum absolute atomic E-state index is 0.0823. The number of anilines is 1. The molecule has 0 bridgehead atoms. The van der Waals surface area contributed by atoms with Gasteiger partial charge < -0.3 is 15.4 Å². The van der Waals surface area contributed by atoms with Crippen LogP contribution in [0.3, 0.4) is 0 Å². The molecule has 7 heteroatoms. The molecule has 2 aromatic rings. The van der Waals surface area contributed by atoms with Crippen molar-refractivity contribution >= 4 is 44.8 Å². The van der Waals surface area contributed by atoms with Crippen molar-refractivity contribution in [2.75, 3.05) is 11.9 Å². The summed E-state index contributed by atoms with van der Waals surface area (Å²) >= 11 is 4.62. The smallest absolute Gasteiger partial charge is 0.261 e. The van der Waals surface area contributed by atoms with Crippen molar-refractivity contribution in [2.24, 2.45) is 0 Å². The maximum absolute atomic E-state index is 12.0. The van der Waals surface area contributed by atoms with E-state index in [1.54, 1.807) is 18.2 Å². The molecule has 2 amide bonds. The van der Waals surface area contributed by atoms with E-state index in [4.69, 9.17) is 4.74 Å². The van der Waals surface area contributed by atoms with E-state index in [1.165, 1.54) is 11.3 Å². The molecule has 0 saturated heterocycles. The van der Waals surface area contributed by atoms with Crippen molar-refractivity contribution in [2.45, 2.75) is 26.6 Å². The number of thiophene rings is 1. The van der Waals surface area contributed by atoms with Gasteiger partial charge in [0, 0.05) is 5.69 Å². The average molecular weight is 411 g/mol. The summed E-state index contributed by atoms with van der Waals surface area (Å²) in [5.41, 5.74) is 1.66. The number of halogens is 1. The molecule has 0 saturated carbocycles. The molecule has 0 aliphatic rings. The predicted octanol–water partition coefficient (Wildman–Crippen LogP) is 3.80. The summed E-state index contributed by atoms with van der Waals surface area (Å²) in [4.78, 5) is 24.4. The number of ether oxygens (including phenoxy) is 1. The van der Waals surface area contributed by atoms with Crippen LogP contribution in [0.5, 0.6) is 0 Å². The zero-order valence-electron chi connectivity index (χ0n) is 13.5. The summed E-state index contributed by atoms with van der Waals surface area (Å²) in [5.74, 6) is -0.541. The molecule has 5 nitrogen and oxygen atoms in total. The van der Waals surface area contributed by atoms with Gasteiger partial charge in [-0.1, -0.05) is 12.1 Å². The lowest BCUT2D eigenvalue weighted by atomic mass is 10.2. The minimum atomic E-state index is -0.277. The van der Waals surface area contributed by atoms with Crippen LogP contribution in [-0.4, -0.2) is 24.5 Å². The van der Waals surface area contributed by atoms with Crippen LogP contribution in [0.2, 0.25) is 0 Å². The average Bonchev–Trinajstić information content (AvgIpc) is 2.97. The highest BCUT2D eigenvalue weighted by Gasteiger charge is 2.10. The molecular formula is C17H19BrN2O3S. The Hall–Kier alpha value is -1.70. The third-order valence-electron chi connectivity index (χ3n) is 3.00. The van der Waals surface area contributed by atoms with E-state index in [0.29, 0.717) is 17.2 Å². The second kappa shape index (κ2) is 8.96. The van der Waals surface area contributed by atoms with Crippen LogP contribution >= 0.6 is 27.3 Å². The van der Waals surface area contributed by atoms with E-state index in [2.05, 4.69) is 26.6 Å². The Morgan fingerprint density at radius 2 is 2.04 bits per heavy atom. The van der Waals surface area contributed by atoms with Crippen molar-refractivity contribution in [3.05, 3.63) is 50.6 Å². The van der Waals surface area contributed by atoms with Gasteiger partial charge in [-0.2, -0.15) is 0 Å². The summed E-state index contributed by atoms with van der Waals surface area (Å²) in [5, 5.41) is 5.37. The fourth-order valence-electron chi connectivity index (χ4n) is 1.89. The molecule has 0 spiro atoms. The van der Waals surface area contributed by atoms with Gasteiger partial charge in [-0.25, -0.2) is 0 Å². The Kier molecular flexibility index (Phi) is 6.96.